The number of benzene rings is 1. The summed E-state index contributed by atoms with van der Waals surface area (Å²) in [6.07, 6.45) is 4.53. The number of nitrogens with zero attached hydrogens (tertiary/aromatic N) is 2. The molecule has 1 aliphatic heterocycles. The highest BCUT2D eigenvalue weighted by Gasteiger charge is 2.32. The molecule has 1 atom stereocenters. The van der Waals surface area contributed by atoms with E-state index in [9.17, 15) is 9.59 Å². The van der Waals surface area contributed by atoms with Crippen LogP contribution in [0.4, 0.5) is 10.5 Å². The maximum absolute atomic E-state index is 12.6. The normalized spacial score (nSPS) is 17.0. The summed E-state index contributed by atoms with van der Waals surface area (Å²) in [6, 6.07) is 7.79. The third kappa shape index (κ3) is 5.48. The largest absolute Gasteiger partial charge is 0.333 e. The van der Waals surface area contributed by atoms with E-state index >= 15 is 0 Å². The van der Waals surface area contributed by atoms with E-state index < -0.39 is 0 Å². The van der Waals surface area contributed by atoms with Crippen LogP contribution >= 0.6 is 0 Å². The Morgan fingerprint density at radius 3 is 2.32 bits per heavy atom. The minimum atomic E-state index is -0.118. The molecule has 0 unspecified atom stereocenters. The quantitative estimate of drug-likeness (QED) is 0.781. The lowest BCUT2D eigenvalue weighted by molar-refractivity contribution is -0.117. The van der Waals surface area contributed by atoms with Gasteiger partial charge >= 0.3 is 6.03 Å². The van der Waals surface area contributed by atoms with E-state index in [2.05, 4.69) is 19.2 Å². The Morgan fingerprint density at radius 1 is 1.16 bits per heavy atom. The maximum Gasteiger partial charge on any atom is 0.317 e. The van der Waals surface area contributed by atoms with Crippen LogP contribution in [0.3, 0.4) is 0 Å². The van der Waals surface area contributed by atoms with E-state index in [4.69, 9.17) is 0 Å². The van der Waals surface area contributed by atoms with Crippen molar-refractivity contribution in [1.29, 1.82) is 0 Å². The molecular formula is C20H31N3O2. The van der Waals surface area contributed by atoms with E-state index in [1.165, 1.54) is 5.56 Å². The molecule has 1 aromatic rings. The number of nitrogens with one attached hydrogen (secondary N) is 1. The Morgan fingerprint density at radius 2 is 1.76 bits per heavy atom. The first-order chi connectivity index (χ1) is 12.0. The molecule has 1 N–H and O–H groups in total. The van der Waals surface area contributed by atoms with Crippen LogP contribution in [0, 0.1) is 6.92 Å². The number of unbranched alkanes of at least 4 members (excludes halogenated alkanes) is 2. The lowest BCUT2D eigenvalue weighted by Crippen LogP contribution is -2.46. The molecule has 1 aliphatic rings. The van der Waals surface area contributed by atoms with Crippen molar-refractivity contribution < 1.29 is 9.59 Å². The number of hydrogen-bond donors (Lipinski definition) is 1. The smallest absolute Gasteiger partial charge is 0.317 e. The molecule has 0 radical (unpaired) electrons. The van der Waals surface area contributed by atoms with Crippen molar-refractivity contribution in [1.82, 2.24) is 10.2 Å². The first-order valence-corrected chi connectivity index (χ1v) is 9.47. The third-order valence-corrected chi connectivity index (χ3v) is 4.65. The van der Waals surface area contributed by atoms with Gasteiger partial charge in [0.2, 0.25) is 5.91 Å². The third-order valence-electron chi connectivity index (χ3n) is 4.65. The fourth-order valence-electron chi connectivity index (χ4n) is 3.06. The zero-order valence-corrected chi connectivity index (χ0v) is 15.8. The molecule has 0 spiro atoms. The predicted molar refractivity (Wildman–Crippen MR) is 102 cm³/mol. The van der Waals surface area contributed by atoms with Crippen molar-refractivity contribution in [2.24, 2.45) is 0 Å². The van der Waals surface area contributed by atoms with Gasteiger partial charge in [0.25, 0.3) is 0 Å². The number of carbonyl (C=O) groups excluding carboxylic acids is 2. The molecule has 1 saturated heterocycles. The van der Waals surface area contributed by atoms with Crippen LogP contribution in [0.25, 0.3) is 0 Å². The van der Waals surface area contributed by atoms with Crippen molar-refractivity contribution in [2.45, 2.75) is 58.9 Å². The van der Waals surface area contributed by atoms with Gasteiger partial charge in [0.1, 0.15) is 0 Å². The molecule has 138 valence electrons. The Bertz CT molecular complexity index is 563. The Balaban J connectivity index is 1.94. The zero-order valence-electron chi connectivity index (χ0n) is 15.8. The maximum atomic E-state index is 12.6. The average Bonchev–Trinajstić information content (AvgIpc) is 2.96. The number of amides is 3. The number of hydrogen-bond acceptors (Lipinski definition) is 2. The SMILES string of the molecule is CCCCN(CCCC)C(=O)N[C@H]1CC(=O)N(c2ccc(C)cc2)C1. The van der Waals surface area contributed by atoms with Gasteiger partial charge in [-0.1, -0.05) is 44.4 Å². The fraction of sp³-hybridized carbons (Fsp3) is 0.600. The zero-order chi connectivity index (χ0) is 18.2. The number of urea groups is 1. The Kier molecular flexibility index (Phi) is 7.29. The summed E-state index contributed by atoms with van der Waals surface area (Å²) in [4.78, 5) is 28.6. The Labute approximate surface area is 151 Å². The summed E-state index contributed by atoms with van der Waals surface area (Å²) in [6.45, 7) is 8.40. The van der Waals surface area contributed by atoms with Crippen LogP contribution in [-0.2, 0) is 4.79 Å². The van der Waals surface area contributed by atoms with Crippen LogP contribution < -0.4 is 10.2 Å². The second kappa shape index (κ2) is 9.44. The van der Waals surface area contributed by atoms with Gasteiger partial charge in [-0.05, 0) is 31.9 Å². The number of anilines is 1. The molecule has 1 fully saturated rings. The fourth-order valence-corrected chi connectivity index (χ4v) is 3.06. The van der Waals surface area contributed by atoms with Gasteiger partial charge in [-0.15, -0.1) is 0 Å². The predicted octanol–water partition coefficient (Wildman–Crippen LogP) is 3.71. The van der Waals surface area contributed by atoms with E-state index in [1.54, 1.807) is 4.90 Å². The van der Waals surface area contributed by atoms with E-state index in [0.29, 0.717) is 13.0 Å². The summed E-state index contributed by atoms with van der Waals surface area (Å²) in [5.74, 6) is 0.0721. The molecule has 1 heterocycles. The van der Waals surface area contributed by atoms with E-state index in [1.807, 2.05) is 36.1 Å². The molecule has 0 aliphatic carbocycles. The van der Waals surface area contributed by atoms with Crippen molar-refractivity contribution in [3.8, 4) is 0 Å². The molecule has 25 heavy (non-hydrogen) atoms. The second-order valence-corrected chi connectivity index (χ2v) is 6.88. The monoisotopic (exact) mass is 345 g/mol. The van der Waals surface area contributed by atoms with Crippen molar-refractivity contribution in [3.05, 3.63) is 29.8 Å². The van der Waals surface area contributed by atoms with Crippen molar-refractivity contribution >= 4 is 17.6 Å². The molecule has 5 nitrogen and oxygen atoms in total. The first kappa shape index (κ1) is 19.3. The first-order valence-electron chi connectivity index (χ1n) is 9.47. The minimum absolute atomic E-state index is 0.0366. The standard InChI is InChI=1S/C20H31N3O2/c1-4-6-12-22(13-7-5-2)20(25)21-17-14-19(24)23(15-17)18-10-8-16(3)9-11-18/h8-11,17H,4-7,12-15H2,1-3H3,(H,21,25)/t17-/m0/s1. The van der Waals surface area contributed by atoms with Gasteiger partial charge in [-0.2, -0.15) is 0 Å². The molecule has 0 saturated carbocycles. The van der Waals surface area contributed by atoms with Crippen LogP contribution in [0.2, 0.25) is 0 Å². The molecule has 0 bridgehead atoms. The van der Waals surface area contributed by atoms with Gasteiger partial charge in [0.05, 0.1) is 6.04 Å². The molecule has 5 heteroatoms. The van der Waals surface area contributed by atoms with Crippen molar-refractivity contribution in [3.63, 3.8) is 0 Å². The summed E-state index contributed by atoms with van der Waals surface area (Å²) in [7, 11) is 0. The second-order valence-electron chi connectivity index (χ2n) is 6.88. The average molecular weight is 345 g/mol. The number of carbonyl (C=O) groups is 2. The van der Waals surface area contributed by atoms with Crippen LogP contribution in [0.5, 0.6) is 0 Å². The Hall–Kier alpha value is -2.04. The summed E-state index contributed by atoms with van der Waals surface area (Å²) < 4.78 is 0. The lowest BCUT2D eigenvalue weighted by Gasteiger charge is -2.25. The molecule has 1 aromatic carbocycles. The number of aryl methyl sites for hydroxylation is 1. The van der Waals surface area contributed by atoms with Gasteiger partial charge in [0, 0.05) is 31.7 Å². The van der Waals surface area contributed by atoms with Gasteiger partial charge in [-0.25, -0.2) is 4.79 Å². The molecular weight excluding hydrogens is 314 g/mol. The van der Waals surface area contributed by atoms with Crippen LogP contribution in [0.1, 0.15) is 51.5 Å². The summed E-state index contributed by atoms with van der Waals surface area (Å²) in [5, 5.41) is 3.06. The highest BCUT2D eigenvalue weighted by atomic mass is 16.2. The van der Waals surface area contributed by atoms with Gasteiger partial charge < -0.3 is 15.1 Å². The van der Waals surface area contributed by atoms with E-state index in [0.717, 1.165) is 44.5 Å². The van der Waals surface area contributed by atoms with Crippen LogP contribution in [-0.4, -0.2) is 42.5 Å². The summed E-state index contributed by atoms with van der Waals surface area (Å²) >= 11 is 0. The highest BCUT2D eigenvalue weighted by molar-refractivity contribution is 5.96. The topological polar surface area (TPSA) is 52.7 Å². The molecule has 3 amide bonds. The minimum Gasteiger partial charge on any atom is -0.333 e. The van der Waals surface area contributed by atoms with Crippen molar-refractivity contribution in [2.75, 3.05) is 24.5 Å². The lowest BCUT2D eigenvalue weighted by atomic mass is 10.2. The van der Waals surface area contributed by atoms with E-state index in [-0.39, 0.29) is 18.0 Å². The molecule has 2 rings (SSSR count). The van der Waals surface area contributed by atoms with Crippen LogP contribution in [0.15, 0.2) is 24.3 Å². The number of rotatable bonds is 8. The highest BCUT2D eigenvalue weighted by Crippen LogP contribution is 2.22. The van der Waals surface area contributed by atoms with Gasteiger partial charge in [0.15, 0.2) is 0 Å². The molecule has 0 aromatic heterocycles. The van der Waals surface area contributed by atoms with Gasteiger partial charge in [-0.3, -0.25) is 4.79 Å². The summed E-state index contributed by atoms with van der Waals surface area (Å²) in [5.41, 5.74) is 2.07.